The predicted octanol–water partition coefficient (Wildman–Crippen LogP) is 2.63. The van der Waals surface area contributed by atoms with E-state index in [1.54, 1.807) is 7.11 Å². The van der Waals surface area contributed by atoms with Gasteiger partial charge >= 0.3 is 0 Å². The molecule has 2 heterocycles. The van der Waals surface area contributed by atoms with Crippen LogP contribution in [0.5, 0.6) is 5.75 Å². The highest BCUT2D eigenvalue weighted by Crippen LogP contribution is 2.27. The van der Waals surface area contributed by atoms with Gasteiger partial charge in [0, 0.05) is 11.4 Å². The molecular formula is C15H16N6O. The van der Waals surface area contributed by atoms with E-state index in [1.165, 1.54) is 0 Å². The predicted molar refractivity (Wildman–Crippen MR) is 83.2 cm³/mol. The van der Waals surface area contributed by atoms with E-state index < -0.39 is 0 Å². The maximum absolute atomic E-state index is 5.33. The highest BCUT2D eigenvalue weighted by Gasteiger charge is 2.11. The number of nitrogens with one attached hydrogen (secondary N) is 2. The Kier molecular flexibility index (Phi) is 3.69. The van der Waals surface area contributed by atoms with Crippen molar-refractivity contribution in [2.45, 2.75) is 13.8 Å². The first kappa shape index (κ1) is 14.0. The number of H-pyrrole nitrogens is 1. The average molecular weight is 296 g/mol. The summed E-state index contributed by atoms with van der Waals surface area (Å²) in [5.41, 5.74) is 2.61. The molecule has 0 saturated heterocycles. The van der Waals surface area contributed by atoms with E-state index in [4.69, 9.17) is 4.74 Å². The highest BCUT2D eigenvalue weighted by molar-refractivity contribution is 5.65. The van der Waals surface area contributed by atoms with Gasteiger partial charge in [-0.15, -0.1) is 5.10 Å². The second kappa shape index (κ2) is 5.80. The fraction of sp³-hybridized carbons (Fsp3) is 0.200. The van der Waals surface area contributed by atoms with Gasteiger partial charge in [-0.05, 0) is 32.0 Å². The zero-order chi connectivity index (χ0) is 15.5. The van der Waals surface area contributed by atoms with Crippen molar-refractivity contribution < 1.29 is 4.74 Å². The molecule has 3 aromatic rings. The maximum Gasteiger partial charge on any atom is 0.249 e. The largest absolute Gasteiger partial charge is 0.496 e. The number of hydrogen-bond acceptors (Lipinski definition) is 6. The van der Waals surface area contributed by atoms with Gasteiger partial charge in [-0.1, -0.05) is 12.1 Å². The van der Waals surface area contributed by atoms with Gasteiger partial charge < -0.3 is 4.74 Å². The zero-order valence-electron chi connectivity index (χ0n) is 12.6. The fourth-order valence-corrected chi connectivity index (χ4v) is 2.16. The third-order valence-corrected chi connectivity index (χ3v) is 3.05. The van der Waals surface area contributed by atoms with Gasteiger partial charge in [0.2, 0.25) is 11.9 Å². The lowest BCUT2D eigenvalue weighted by Gasteiger charge is -2.04. The minimum Gasteiger partial charge on any atom is -0.496 e. The van der Waals surface area contributed by atoms with Crippen LogP contribution in [0.15, 0.2) is 30.3 Å². The van der Waals surface area contributed by atoms with Crippen molar-refractivity contribution in [2.75, 3.05) is 12.4 Å². The molecule has 0 unspecified atom stereocenters. The molecule has 2 aromatic heterocycles. The first-order valence-electron chi connectivity index (χ1n) is 6.81. The van der Waals surface area contributed by atoms with E-state index in [1.807, 2.05) is 44.2 Å². The van der Waals surface area contributed by atoms with Crippen molar-refractivity contribution in [1.82, 2.24) is 25.1 Å². The van der Waals surface area contributed by atoms with Crippen LogP contribution in [-0.4, -0.2) is 32.3 Å². The smallest absolute Gasteiger partial charge is 0.249 e. The van der Waals surface area contributed by atoms with Gasteiger partial charge in [0.25, 0.3) is 0 Å². The van der Waals surface area contributed by atoms with E-state index in [0.29, 0.717) is 17.7 Å². The Balaban J connectivity index is 1.87. The molecule has 0 aliphatic carbocycles. The summed E-state index contributed by atoms with van der Waals surface area (Å²) in [6, 6.07) is 9.51. The lowest BCUT2D eigenvalue weighted by molar-refractivity contribution is 0.416. The average Bonchev–Trinajstić information content (AvgIpc) is 2.94. The Labute approximate surface area is 127 Å². The van der Waals surface area contributed by atoms with Crippen molar-refractivity contribution in [1.29, 1.82) is 0 Å². The molecule has 0 aliphatic heterocycles. The number of hydrogen-bond donors (Lipinski definition) is 2. The summed E-state index contributed by atoms with van der Waals surface area (Å²) in [6.45, 7) is 3.83. The number of anilines is 2. The highest BCUT2D eigenvalue weighted by atomic mass is 16.5. The van der Waals surface area contributed by atoms with Crippen LogP contribution in [-0.2, 0) is 0 Å². The third-order valence-electron chi connectivity index (χ3n) is 3.05. The molecule has 0 atom stereocenters. The lowest BCUT2D eigenvalue weighted by atomic mass is 10.2. The number of aromatic amines is 1. The van der Waals surface area contributed by atoms with Crippen LogP contribution in [0.4, 0.5) is 11.9 Å². The van der Waals surface area contributed by atoms with E-state index in [0.717, 1.165) is 22.7 Å². The van der Waals surface area contributed by atoms with Crippen LogP contribution in [0.25, 0.3) is 11.4 Å². The molecule has 7 heteroatoms. The van der Waals surface area contributed by atoms with E-state index >= 15 is 0 Å². The quantitative estimate of drug-likeness (QED) is 0.769. The monoisotopic (exact) mass is 296 g/mol. The number of ether oxygens (including phenoxy) is 1. The van der Waals surface area contributed by atoms with E-state index in [-0.39, 0.29) is 0 Å². The van der Waals surface area contributed by atoms with E-state index in [9.17, 15) is 0 Å². The topological polar surface area (TPSA) is 88.6 Å². The molecule has 0 spiro atoms. The second-order valence-corrected chi connectivity index (χ2v) is 4.81. The number of rotatable bonds is 4. The molecule has 2 N–H and O–H groups in total. The summed E-state index contributed by atoms with van der Waals surface area (Å²) < 4.78 is 5.33. The minimum absolute atomic E-state index is 0.408. The van der Waals surface area contributed by atoms with Crippen LogP contribution < -0.4 is 10.1 Å². The van der Waals surface area contributed by atoms with Crippen molar-refractivity contribution in [2.24, 2.45) is 0 Å². The standard InChI is InChI=1S/C15H16N6O/c1-9-8-10(2)17-14(16-9)19-15-18-13(20-21-15)11-6-4-5-7-12(11)22-3/h4-8H,1-3H3,(H2,16,17,18,19,20,21). The number of nitrogens with zero attached hydrogens (tertiary/aromatic N) is 4. The molecule has 0 radical (unpaired) electrons. The third kappa shape index (κ3) is 2.88. The molecule has 0 bridgehead atoms. The number of para-hydroxylation sites is 1. The van der Waals surface area contributed by atoms with Crippen LogP contribution >= 0.6 is 0 Å². The van der Waals surface area contributed by atoms with Gasteiger partial charge in [-0.2, -0.15) is 4.98 Å². The van der Waals surface area contributed by atoms with Crippen LogP contribution in [0.3, 0.4) is 0 Å². The van der Waals surface area contributed by atoms with Crippen molar-refractivity contribution in [3.8, 4) is 17.1 Å². The van der Waals surface area contributed by atoms with Crippen molar-refractivity contribution >= 4 is 11.9 Å². The Morgan fingerprint density at radius 2 is 1.73 bits per heavy atom. The Morgan fingerprint density at radius 3 is 2.45 bits per heavy atom. The van der Waals surface area contributed by atoms with Gasteiger partial charge in [0.1, 0.15) is 5.75 Å². The molecule has 1 aromatic carbocycles. The summed E-state index contributed by atoms with van der Waals surface area (Å²) in [5.74, 6) is 2.23. The number of aromatic nitrogens is 5. The zero-order valence-corrected chi connectivity index (χ0v) is 12.6. The molecule has 112 valence electrons. The van der Waals surface area contributed by atoms with E-state index in [2.05, 4.69) is 30.5 Å². The van der Waals surface area contributed by atoms with Crippen molar-refractivity contribution in [3.63, 3.8) is 0 Å². The lowest BCUT2D eigenvalue weighted by Crippen LogP contribution is -2.01. The van der Waals surface area contributed by atoms with Crippen molar-refractivity contribution in [3.05, 3.63) is 41.7 Å². The Morgan fingerprint density at radius 1 is 1.00 bits per heavy atom. The molecule has 0 aliphatic rings. The maximum atomic E-state index is 5.33. The summed E-state index contributed by atoms with van der Waals surface area (Å²) >= 11 is 0. The number of benzene rings is 1. The SMILES string of the molecule is COc1ccccc1-c1nc(Nc2nc(C)cc(C)n2)n[nH]1. The summed E-state index contributed by atoms with van der Waals surface area (Å²) in [5, 5.41) is 10.0. The first-order chi connectivity index (χ1) is 10.7. The fourth-order valence-electron chi connectivity index (χ4n) is 2.16. The molecule has 0 fully saturated rings. The normalized spacial score (nSPS) is 10.5. The molecule has 22 heavy (non-hydrogen) atoms. The molecule has 0 amide bonds. The van der Waals surface area contributed by atoms with Gasteiger partial charge in [-0.3, -0.25) is 10.4 Å². The van der Waals surface area contributed by atoms with Crippen LogP contribution in [0, 0.1) is 13.8 Å². The van der Waals surface area contributed by atoms with Gasteiger partial charge in [0.05, 0.1) is 12.7 Å². The number of methoxy groups -OCH3 is 1. The Hall–Kier alpha value is -2.96. The number of aryl methyl sites for hydroxylation is 2. The summed E-state index contributed by atoms with van der Waals surface area (Å²) in [4.78, 5) is 13.0. The second-order valence-electron chi connectivity index (χ2n) is 4.81. The molecule has 7 nitrogen and oxygen atoms in total. The molecular weight excluding hydrogens is 280 g/mol. The van der Waals surface area contributed by atoms with Gasteiger partial charge in [0.15, 0.2) is 5.82 Å². The Bertz CT molecular complexity index is 778. The molecule has 3 rings (SSSR count). The summed E-state index contributed by atoms with van der Waals surface area (Å²) in [7, 11) is 1.62. The first-order valence-corrected chi connectivity index (χ1v) is 6.81. The summed E-state index contributed by atoms with van der Waals surface area (Å²) in [6.07, 6.45) is 0. The van der Waals surface area contributed by atoms with Gasteiger partial charge in [-0.25, -0.2) is 9.97 Å². The molecule has 0 saturated carbocycles. The minimum atomic E-state index is 0.408. The van der Waals surface area contributed by atoms with Crippen LogP contribution in [0.1, 0.15) is 11.4 Å². The van der Waals surface area contributed by atoms with Crippen LogP contribution in [0.2, 0.25) is 0 Å².